The van der Waals surface area contributed by atoms with Crippen LogP contribution in [0.15, 0.2) is 36.4 Å². The van der Waals surface area contributed by atoms with Crippen LogP contribution in [-0.2, 0) is 16.8 Å². The zero-order valence-electron chi connectivity index (χ0n) is 15.0. The third-order valence-corrected chi connectivity index (χ3v) is 4.61. The summed E-state index contributed by atoms with van der Waals surface area (Å²) in [5.74, 6) is -0.510. The average molecular weight is 363 g/mol. The van der Waals surface area contributed by atoms with Crippen LogP contribution in [0, 0.1) is 12.7 Å². The van der Waals surface area contributed by atoms with Crippen LogP contribution in [0.2, 0.25) is 5.02 Å². The van der Waals surface area contributed by atoms with Crippen molar-refractivity contribution in [3.63, 3.8) is 0 Å². The number of carbonyl (C=O) groups excluding carboxylic acids is 1. The lowest BCUT2D eigenvalue weighted by Crippen LogP contribution is -2.41. The van der Waals surface area contributed by atoms with E-state index in [0.29, 0.717) is 5.02 Å². The summed E-state index contributed by atoms with van der Waals surface area (Å²) in [6.07, 6.45) is 0.849. The van der Waals surface area contributed by atoms with Crippen molar-refractivity contribution >= 4 is 23.2 Å². The summed E-state index contributed by atoms with van der Waals surface area (Å²) >= 11 is 6.14. The molecular weight excluding hydrogens is 339 g/mol. The first-order valence-corrected chi connectivity index (χ1v) is 8.71. The minimum atomic E-state index is -0.568. The van der Waals surface area contributed by atoms with E-state index in [1.54, 1.807) is 6.07 Å². The van der Waals surface area contributed by atoms with Gasteiger partial charge in [-0.2, -0.15) is 0 Å². The lowest BCUT2D eigenvalue weighted by atomic mass is 9.94. The summed E-state index contributed by atoms with van der Waals surface area (Å²) in [5, 5.41) is 6.51. The molecular formula is C20H24ClFN2O. The van der Waals surface area contributed by atoms with Gasteiger partial charge in [-0.05, 0) is 56.0 Å². The van der Waals surface area contributed by atoms with Gasteiger partial charge in [-0.1, -0.05) is 42.8 Å². The molecule has 1 amide bonds. The lowest BCUT2D eigenvalue weighted by molar-refractivity contribution is -0.115. The molecule has 3 nitrogen and oxygen atoms in total. The van der Waals surface area contributed by atoms with Crippen molar-refractivity contribution in [1.29, 1.82) is 0 Å². The quantitative estimate of drug-likeness (QED) is 0.774. The molecule has 0 spiro atoms. The highest BCUT2D eigenvalue weighted by molar-refractivity contribution is 6.31. The van der Waals surface area contributed by atoms with E-state index in [2.05, 4.69) is 17.6 Å². The third-order valence-electron chi connectivity index (χ3n) is 4.30. The molecule has 2 N–H and O–H groups in total. The zero-order valence-corrected chi connectivity index (χ0v) is 15.8. The molecule has 134 valence electrons. The fourth-order valence-electron chi connectivity index (χ4n) is 2.78. The Morgan fingerprint density at radius 3 is 2.60 bits per heavy atom. The minimum absolute atomic E-state index is 0.123. The van der Waals surface area contributed by atoms with Crippen molar-refractivity contribution in [3.05, 3.63) is 63.9 Å². The van der Waals surface area contributed by atoms with Gasteiger partial charge in [0.2, 0.25) is 5.91 Å². The van der Waals surface area contributed by atoms with Crippen LogP contribution in [-0.4, -0.2) is 12.5 Å². The van der Waals surface area contributed by atoms with Crippen molar-refractivity contribution in [1.82, 2.24) is 5.32 Å². The van der Waals surface area contributed by atoms with Gasteiger partial charge in [-0.3, -0.25) is 10.1 Å². The highest BCUT2D eigenvalue weighted by Gasteiger charge is 2.24. The molecule has 0 aromatic heterocycles. The SMILES string of the molecule is CCc1cccc(C)c1NC(=O)CNC(C)(C)c1ccc(F)cc1Cl. The first-order chi connectivity index (χ1) is 11.7. The summed E-state index contributed by atoms with van der Waals surface area (Å²) in [6, 6.07) is 10.3. The van der Waals surface area contributed by atoms with Crippen molar-refractivity contribution in [2.24, 2.45) is 0 Å². The summed E-state index contributed by atoms with van der Waals surface area (Å²) in [6.45, 7) is 7.97. The topological polar surface area (TPSA) is 41.1 Å². The number of aryl methyl sites for hydroxylation is 2. The first-order valence-electron chi connectivity index (χ1n) is 8.33. The van der Waals surface area contributed by atoms with Gasteiger partial charge >= 0.3 is 0 Å². The Labute approximate surface area is 153 Å². The van der Waals surface area contributed by atoms with Gasteiger partial charge in [0.1, 0.15) is 5.82 Å². The van der Waals surface area contributed by atoms with Crippen molar-refractivity contribution < 1.29 is 9.18 Å². The van der Waals surface area contributed by atoms with Gasteiger partial charge in [0.05, 0.1) is 6.54 Å². The van der Waals surface area contributed by atoms with Crippen LogP contribution < -0.4 is 10.6 Å². The normalized spacial score (nSPS) is 11.4. The standard InChI is InChI=1S/C20H24ClFN2O/c1-5-14-8-6-7-13(2)19(14)24-18(25)12-23-20(3,4)16-10-9-15(22)11-17(16)21/h6-11,23H,5,12H2,1-4H3,(H,24,25). The van der Waals surface area contributed by atoms with Crippen molar-refractivity contribution in [3.8, 4) is 0 Å². The Kier molecular flexibility index (Phi) is 6.20. The lowest BCUT2D eigenvalue weighted by Gasteiger charge is -2.28. The molecule has 0 saturated heterocycles. The largest absolute Gasteiger partial charge is 0.324 e. The van der Waals surface area contributed by atoms with E-state index in [-0.39, 0.29) is 18.3 Å². The molecule has 2 aromatic carbocycles. The molecule has 0 saturated carbocycles. The first kappa shape index (κ1) is 19.4. The Balaban J connectivity index is 2.07. The van der Waals surface area contributed by atoms with E-state index in [9.17, 15) is 9.18 Å². The Hall–Kier alpha value is -1.91. The van der Waals surface area contributed by atoms with Crippen LogP contribution >= 0.6 is 11.6 Å². The average Bonchev–Trinajstić information content (AvgIpc) is 2.54. The molecule has 0 fully saturated rings. The molecule has 0 aliphatic carbocycles. The second-order valence-corrected chi connectivity index (χ2v) is 7.02. The number of benzene rings is 2. The van der Waals surface area contributed by atoms with Crippen LogP contribution in [0.4, 0.5) is 10.1 Å². The van der Waals surface area contributed by atoms with E-state index in [1.165, 1.54) is 12.1 Å². The van der Waals surface area contributed by atoms with E-state index >= 15 is 0 Å². The van der Waals surface area contributed by atoms with Crippen LogP contribution in [0.1, 0.15) is 37.5 Å². The molecule has 0 atom stereocenters. The van der Waals surface area contributed by atoms with Crippen molar-refractivity contribution in [2.75, 3.05) is 11.9 Å². The number of carbonyl (C=O) groups is 1. The number of para-hydroxylation sites is 1. The number of rotatable bonds is 6. The van der Waals surface area contributed by atoms with Gasteiger partial charge in [0.15, 0.2) is 0 Å². The molecule has 0 aliphatic heterocycles. The highest BCUT2D eigenvalue weighted by Crippen LogP contribution is 2.28. The second kappa shape index (κ2) is 7.98. The molecule has 2 rings (SSSR count). The molecule has 25 heavy (non-hydrogen) atoms. The van der Waals surface area contributed by atoms with E-state index < -0.39 is 5.54 Å². The number of amides is 1. The van der Waals surface area contributed by atoms with E-state index in [0.717, 1.165) is 28.8 Å². The maximum absolute atomic E-state index is 13.2. The molecule has 2 aromatic rings. The summed E-state index contributed by atoms with van der Waals surface area (Å²) < 4.78 is 13.2. The Morgan fingerprint density at radius 1 is 1.24 bits per heavy atom. The van der Waals surface area contributed by atoms with Gasteiger partial charge in [-0.25, -0.2) is 4.39 Å². The monoisotopic (exact) mass is 362 g/mol. The predicted octanol–water partition coefficient (Wildman–Crippen LogP) is 4.81. The Bertz CT molecular complexity index is 774. The molecule has 0 radical (unpaired) electrons. The second-order valence-electron chi connectivity index (χ2n) is 6.61. The third kappa shape index (κ3) is 4.80. The maximum Gasteiger partial charge on any atom is 0.238 e. The number of hydrogen-bond donors (Lipinski definition) is 2. The Morgan fingerprint density at radius 2 is 1.96 bits per heavy atom. The van der Waals surface area contributed by atoms with Crippen LogP contribution in [0.25, 0.3) is 0 Å². The smallest absolute Gasteiger partial charge is 0.238 e. The van der Waals surface area contributed by atoms with Gasteiger partial charge < -0.3 is 5.32 Å². The van der Waals surface area contributed by atoms with E-state index in [1.807, 2.05) is 39.0 Å². The zero-order chi connectivity index (χ0) is 18.6. The fourth-order valence-corrected chi connectivity index (χ4v) is 3.18. The van der Waals surface area contributed by atoms with E-state index in [4.69, 9.17) is 11.6 Å². The maximum atomic E-state index is 13.2. The molecule has 0 aliphatic rings. The number of nitrogens with one attached hydrogen (secondary N) is 2. The predicted molar refractivity (Wildman–Crippen MR) is 102 cm³/mol. The van der Waals surface area contributed by atoms with Crippen molar-refractivity contribution in [2.45, 2.75) is 39.7 Å². The summed E-state index contributed by atoms with van der Waals surface area (Å²) in [4.78, 5) is 12.4. The summed E-state index contributed by atoms with van der Waals surface area (Å²) in [7, 11) is 0. The fraction of sp³-hybridized carbons (Fsp3) is 0.350. The molecule has 5 heteroatoms. The highest BCUT2D eigenvalue weighted by atomic mass is 35.5. The van der Waals surface area contributed by atoms with Gasteiger partial charge in [0.25, 0.3) is 0 Å². The van der Waals surface area contributed by atoms with Crippen LogP contribution in [0.5, 0.6) is 0 Å². The number of hydrogen-bond acceptors (Lipinski definition) is 2. The molecule has 0 unspecified atom stereocenters. The number of anilines is 1. The molecule has 0 heterocycles. The minimum Gasteiger partial charge on any atom is -0.324 e. The summed E-state index contributed by atoms with van der Waals surface area (Å²) in [5.41, 5.74) is 3.19. The molecule has 0 bridgehead atoms. The van der Waals surface area contributed by atoms with Crippen LogP contribution in [0.3, 0.4) is 0 Å². The number of halogens is 2. The van der Waals surface area contributed by atoms with Gasteiger partial charge in [0, 0.05) is 16.2 Å². The van der Waals surface area contributed by atoms with Gasteiger partial charge in [-0.15, -0.1) is 0 Å².